The lowest BCUT2D eigenvalue weighted by molar-refractivity contribution is 0.0694. The minimum Gasteiger partial charge on any atom is -0.478 e. The molecule has 0 saturated carbocycles. The van der Waals surface area contributed by atoms with Crippen molar-refractivity contribution in [2.75, 3.05) is 12.0 Å². The van der Waals surface area contributed by atoms with Crippen LogP contribution in [0.15, 0.2) is 41.3 Å². The number of aromatic carboxylic acids is 1. The number of hydrogen-bond donors (Lipinski definition) is 2. The van der Waals surface area contributed by atoms with Crippen LogP contribution in [0.2, 0.25) is 5.02 Å². The summed E-state index contributed by atoms with van der Waals surface area (Å²) in [6, 6.07) is 10.0. The summed E-state index contributed by atoms with van der Waals surface area (Å²) in [5.41, 5.74) is 5.80. The highest BCUT2D eigenvalue weighted by molar-refractivity contribution is 7.98. The number of carboxylic acid groups (broad SMARTS) is 1. The summed E-state index contributed by atoms with van der Waals surface area (Å²) in [4.78, 5) is 12.3. The van der Waals surface area contributed by atoms with Crippen LogP contribution < -0.4 is 10.5 Å². The number of carboxylic acids is 1. The number of anilines is 1. The molecule has 2 aromatic rings. The predicted molar refractivity (Wildman–Crippen MR) is 81.1 cm³/mol. The monoisotopic (exact) mass is 309 g/mol. The molecule has 0 amide bonds. The van der Waals surface area contributed by atoms with E-state index in [0.717, 1.165) is 4.90 Å². The van der Waals surface area contributed by atoms with Crippen molar-refractivity contribution in [1.29, 1.82) is 0 Å². The van der Waals surface area contributed by atoms with Crippen molar-refractivity contribution in [3.63, 3.8) is 0 Å². The minimum atomic E-state index is -1.14. The first kappa shape index (κ1) is 14.6. The molecule has 0 fully saturated rings. The third kappa shape index (κ3) is 3.18. The zero-order valence-corrected chi connectivity index (χ0v) is 12.2. The number of halogens is 1. The van der Waals surface area contributed by atoms with Crippen LogP contribution in [0.5, 0.6) is 11.5 Å². The summed E-state index contributed by atoms with van der Waals surface area (Å²) in [7, 11) is 0. The lowest BCUT2D eigenvalue weighted by Gasteiger charge is -2.11. The quantitative estimate of drug-likeness (QED) is 0.656. The van der Waals surface area contributed by atoms with Gasteiger partial charge in [-0.15, -0.1) is 11.8 Å². The second-order valence-corrected chi connectivity index (χ2v) is 5.25. The standard InChI is InChI=1S/C14H12ClNO3S/c1-20-10-4-2-9(3-5-10)19-13-11(14(17)18)6-8(16)7-12(13)15/h2-7H,16H2,1H3,(H,17,18). The molecule has 0 radical (unpaired) electrons. The Bertz CT molecular complexity index is 644. The topological polar surface area (TPSA) is 72.5 Å². The fraction of sp³-hybridized carbons (Fsp3) is 0.0714. The molecule has 0 atom stereocenters. The zero-order chi connectivity index (χ0) is 14.7. The van der Waals surface area contributed by atoms with E-state index in [4.69, 9.17) is 22.1 Å². The number of ether oxygens (including phenoxy) is 1. The molecule has 0 aliphatic carbocycles. The van der Waals surface area contributed by atoms with Gasteiger partial charge in [0, 0.05) is 10.6 Å². The first-order valence-corrected chi connectivity index (χ1v) is 7.25. The van der Waals surface area contributed by atoms with E-state index in [1.807, 2.05) is 18.4 Å². The summed E-state index contributed by atoms with van der Waals surface area (Å²) >= 11 is 7.62. The molecule has 104 valence electrons. The fourth-order valence-corrected chi connectivity index (χ4v) is 2.31. The Labute approximate surface area is 125 Å². The highest BCUT2D eigenvalue weighted by Crippen LogP contribution is 2.35. The molecule has 2 rings (SSSR count). The summed E-state index contributed by atoms with van der Waals surface area (Å²) < 4.78 is 5.58. The molecule has 20 heavy (non-hydrogen) atoms. The van der Waals surface area contributed by atoms with Crippen molar-refractivity contribution in [2.24, 2.45) is 0 Å². The number of carbonyl (C=O) groups is 1. The maximum atomic E-state index is 11.2. The zero-order valence-electron chi connectivity index (χ0n) is 10.6. The van der Waals surface area contributed by atoms with E-state index < -0.39 is 5.97 Å². The van der Waals surface area contributed by atoms with Gasteiger partial charge >= 0.3 is 5.97 Å². The van der Waals surface area contributed by atoms with Gasteiger partial charge in [0.05, 0.1) is 5.02 Å². The van der Waals surface area contributed by atoms with Crippen LogP contribution in [0.1, 0.15) is 10.4 Å². The smallest absolute Gasteiger partial charge is 0.339 e. The second-order valence-electron chi connectivity index (χ2n) is 3.96. The van der Waals surface area contributed by atoms with E-state index in [1.54, 1.807) is 23.9 Å². The Balaban J connectivity index is 2.39. The molecule has 0 unspecified atom stereocenters. The van der Waals surface area contributed by atoms with Gasteiger partial charge in [0.15, 0.2) is 5.75 Å². The van der Waals surface area contributed by atoms with E-state index in [9.17, 15) is 9.90 Å². The van der Waals surface area contributed by atoms with Gasteiger partial charge in [0.2, 0.25) is 0 Å². The molecular weight excluding hydrogens is 298 g/mol. The van der Waals surface area contributed by atoms with Crippen LogP contribution in [-0.4, -0.2) is 17.3 Å². The van der Waals surface area contributed by atoms with Crippen molar-refractivity contribution in [1.82, 2.24) is 0 Å². The Morgan fingerprint density at radius 1 is 1.30 bits per heavy atom. The molecule has 0 spiro atoms. The third-order valence-corrected chi connectivity index (χ3v) is 3.60. The van der Waals surface area contributed by atoms with E-state index in [2.05, 4.69) is 0 Å². The van der Waals surface area contributed by atoms with Gasteiger partial charge in [-0.3, -0.25) is 0 Å². The first-order valence-electron chi connectivity index (χ1n) is 5.65. The first-order chi connectivity index (χ1) is 9.51. The lowest BCUT2D eigenvalue weighted by atomic mass is 10.2. The van der Waals surface area contributed by atoms with Crippen LogP contribution in [-0.2, 0) is 0 Å². The number of thioether (sulfide) groups is 1. The number of rotatable bonds is 4. The number of hydrogen-bond acceptors (Lipinski definition) is 4. The molecule has 0 aliphatic rings. The Kier molecular flexibility index (Phi) is 4.42. The summed E-state index contributed by atoms with van der Waals surface area (Å²) in [6.45, 7) is 0. The third-order valence-electron chi connectivity index (χ3n) is 2.58. The summed E-state index contributed by atoms with van der Waals surface area (Å²) in [5.74, 6) is -0.544. The molecular formula is C14H12ClNO3S. The van der Waals surface area contributed by atoms with Gasteiger partial charge in [-0.05, 0) is 42.7 Å². The summed E-state index contributed by atoms with van der Waals surface area (Å²) in [6.07, 6.45) is 1.97. The number of nitrogens with two attached hydrogens (primary N) is 1. The molecule has 0 bridgehead atoms. The Hall–Kier alpha value is -1.85. The van der Waals surface area contributed by atoms with Crippen LogP contribution in [0.4, 0.5) is 5.69 Å². The fourth-order valence-electron chi connectivity index (χ4n) is 1.64. The van der Waals surface area contributed by atoms with Crippen LogP contribution in [0.25, 0.3) is 0 Å². The molecule has 0 saturated heterocycles. The average Bonchev–Trinajstić information content (AvgIpc) is 2.42. The Morgan fingerprint density at radius 3 is 2.50 bits per heavy atom. The maximum absolute atomic E-state index is 11.2. The maximum Gasteiger partial charge on any atom is 0.339 e. The van der Waals surface area contributed by atoms with Crippen LogP contribution >= 0.6 is 23.4 Å². The second kappa shape index (κ2) is 6.07. The van der Waals surface area contributed by atoms with Crippen molar-refractivity contribution >= 4 is 35.0 Å². The highest BCUT2D eigenvalue weighted by Gasteiger charge is 2.17. The van der Waals surface area contributed by atoms with E-state index >= 15 is 0 Å². The van der Waals surface area contributed by atoms with Gasteiger partial charge in [-0.25, -0.2) is 4.79 Å². The molecule has 0 heterocycles. The molecule has 3 N–H and O–H groups in total. The van der Waals surface area contributed by atoms with Crippen molar-refractivity contribution in [3.05, 3.63) is 47.0 Å². The largest absolute Gasteiger partial charge is 0.478 e. The van der Waals surface area contributed by atoms with Gasteiger partial charge < -0.3 is 15.6 Å². The molecule has 0 aliphatic heterocycles. The number of nitrogen functional groups attached to an aromatic ring is 1. The van der Waals surface area contributed by atoms with E-state index in [1.165, 1.54) is 12.1 Å². The van der Waals surface area contributed by atoms with Gasteiger partial charge in [0.1, 0.15) is 11.3 Å². The van der Waals surface area contributed by atoms with Crippen LogP contribution in [0, 0.1) is 0 Å². The predicted octanol–water partition coefficient (Wildman–Crippen LogP) is 4.13. The summed E-state index contributed by atoms with van der Waals surface area (Å²) in [5, 5.41) is 9.34. The van der Waals surface area contributed by atoms with Crippen molar-refractivity contribution in [3.8, 4) is 11.5 Å². The SMILES string of the molecule is CSc1ccc(Oc2c(Cl)cc(N)cc2C(=O)O)cc1. The van der Waals surface area contributed by atoms with E-state index in [-0.39, 0.29) is 22.0 Å². The molecule has 2 aromatic carbocycles. The van der Waals surface area contributed by atoms with Crippen LogP contribution in [0.3, 0.4) is 0 Å². The highest BCUT2D eigenvalue weighted by atomic mass is 35.5. The van der Waals surface area contributed by atoms with E-state index in [0.29, 0.717) is 5.75 Å². The van der Waals surface area contributed by atoms with Gasteiger partial charge in [0.25, 0.3) is 0 Å². The normalized spacial score (nSPS) is 10.3. The minimum absolute atomic E-state index is 0.0658. The van der Waals surface area contributed by atoms with Crippen molar-refractivity contribution in [2.45, 2.75) is 4.90 Å². The van der Waals surface area contributed by atoms with Crippen molar-refractivity contribution < 1.29 is 14.6 Å². The molecule has 4 nitrogen and oxygen atoms in total. The average molecular weight is 310 g/mol. The molecule has 6 heteroatoms. The lowest BCUT2D eigenvalue weighted by Crippen LogP contribution is -2.02. The van der Waals surface area contributed by atoms with Gasteiger partial charge in [-0.1, -0.05) is 11.6 Å². The molecule has 0 aromatic heterocycles. The number of benzene rings is 2. The van der Waals surface area contributed by atoms with Gasteiger partial charge in [-0.2, -0.15) is 0 Å². The Morgan fingerprint density at radius 2 is 1.95 bits per heavy atom.